The van der Waals surface area contributed by atoms with Gasteiger partial charge in [0.25, 0.3) is 0 Å². The molecule has 0 N–H and O–H groups in total. The second kappa shape index (κ2) is 14.4. The van der Waals surface area contributed by atoms with E-state index in [0.717, 1.165) is 35.6 Å². The van der Waals surface area contributed by atoms with Gasteiger partial charge in [0.1, 0.15) is 11.6 Å². The molecule has 0 saturated carbocycles. The molecule has 0 fully saturated rings. The third kappa shape index (κ3) is 7.68. The van der Waals surface area contributed by atoms with Crippen molar-refractivity contribution in [2.45, 2.75) is 13.8 Å². The number of nitrogens with zero attached hydrogens (tertiary/aromatic N) is 3. The Morgan fingerprint density at radius 1 is 0.812 bits per heavy atom. The average Bonchev–Trinajstić information content (AvgIpc) is 3.21. The Morgan fingerprint density at radius 3 is 1.44 bits per heavy atom. The molecular formula is C24H24BrClF2N3Pt-. The Bertz CT molecular complexity index is 869. The maximum atomic E-state index is 13.3. The van der Waals surface area contributed by atoms with Crippen LogP contribution in [-0.2, 0) is 15.5 Å². The molecule has 1 aliphatic rings. The number of halogens is 4. The van der Waals surface area contributed by atoms with E-state index in [9.17, 15) is 8.78 Å². The summed E-state index contributed by atoms with van der Waals surface area (Å²) in [6.45, 7) is 7.79. The van der Waals surface area contributed by atoms with E-state index < -0.39 is 0 Å². The first-order valence-corrected chi connectivity index (χ1v) is 17.6. The normalized spacial score (nSPS) is 12.8. The summed E-state index contributed by atoms with van der Waals surface area (Å²) in [6, 6.07) is 18.7. The van der Waals surface area contributed by atoms with Gasteiger partial charge in [-0.3, -0.25) is 4.98 Å². The van der Waals surface area contributed by atoms with Crippen molar-refractivity contribution in [2.75, 3.05) is 13.1 Å². The molecule has 0 unspecified atom stereocenters. The number of hydrogen-bond donors (Lipinski definition) is 0. The van der Waals surface area contributed by atoms with Crippen LogP contribution in [0.5, 0.6) is 0 Å². The predicted octanol–water partition coefficient (Wildman–Crippen LogP) is 7.18. The molecule has 0 atom stereocenters. The topological polar surface area (TPSA) is 19.4 Å². The summed E-state index contributed by atoms with van der Waals surface area (Å²) in [7, 11) is 5.03. The minimum absolute atomic E-state index is 0.132. The van der Waals surface area contributed by atoms with Crippen LogP contribution in [0.4, 0.5) is 8.78 Å². The van der Waals surface area contributed by atoms with E-state index in [0.29, 0.717) is 0 Å². The smallest absolute Gasteiger partial charge is 0.0267 e. The van der Waals surface area contributed by atoms with Crippen molar-refractivity contribution >= 4 is 34.1 Å². The summed E-state index contributed by atoms with van der Waals surface area (Å²) in [5.41, 5.74) is 3.92. The van der Waals surface area contributed by atoms with Crippen molar-refractivity contribution in [2.24, 2.45) is 0 Å². The Kier molecular flexibility index (Phi) is 11.9. The van der Waals surface area contributed by atoms with Gasteiger partial charge in [-0.1, -0.05) is 30.3 Å². The van der Waals surface area contributed by atoms with Crippen LogP contribution in [0.1, 0.15) is 25.0 Å². The molecule has 8 heteroatoms. The van der Waals surface area contributed by atoms with E-state index in [4.69, 9.17) is 9.42 Å². The second-order valence-electron chi connectivity index (χ2n) is 6.47. The summed E-state index contributed by atoms with van der Waals surface area (Å²) in [4.78, 5) is 8.05. The average molecular weight is 703 g/mol. The first kappa shape index (κ1) is 26.5. The van der Waals surface area contributed by atoms with Crippen LogP contribution in [0.15, 0.2) is 79.1 Å². The Labute approximate surface area is 207 Å². The Balaban J connectivity index is 0.000000339. The molecule has 32 heavy (non-hydrogen) atoms. The summed E-state index contributed by atoms with van der Waals surface area (Å²) >= 11 is 2.89. The fraction of sp³-hybridized carbons (Fsp3) is 0.167. The van der Waals surface area contributed by atoms with Crippen molar-refractivity contribution in [3.05, 3.63) is 109 Å². The molecule has 4 rings (SSSR count). The van der Waals surface area contributed by atoms with Crippen LogP contribution >= 0.6 is 22.7 Å². The number of rotatable bonds is 4. The molecule has 174 valence electrons. The van der Waals surface area contributed by atoms with Crippen molar-refractivity contribution in [1.29, 1.82) is 0 Å². The third-order valence-corrected chi connectivity index (χ3v) is 4.56. The molecule has 3 aromatic rings. The molecule has 0 bridgehead atoms. The van der Waals surface area contributed by atoms with Gasteiger partial charge in [0.15, 0.2) is 0 Å². The summed E-state index contributed by atoms with van der Waals surface area (Å²) < 4.78 is 26.5. The quantitative estimate of drug-likeness (QED) is 0.269. The van der Waals surface area contributed by atoms with Crippen LogP contribution in [0.2, 0.25) is 0 Å². The number of pyridine rings is 1. The zero-order valence-corrected chi connectivity index (χ0v) is 22.3. The first-order chi connectivity index (χ1) is 15.5. The molecule has 1 aliphatic heterocycles. The third-order valence-electron chi connectivity index (χ3n) is 4.56. The summed E-state index contributed by atoms with van der Waals surface area (Å²) in [5, 5.41) is 0. The maximum Gasteiger partial charge on any atom is 0.0267 e. The largest absolute Gasteiger partial charge is 0.265 e. The molecule has 0 radical (unpaired) electrons. The van der Waals surface area contributed by atoms with Crippen LogP contribution in [0.3, 0.4) is 0 Å². The fourth-order valence-corrected chi connectivity index (χ4v) is 3.17. The first-order valence-electron chi connectivity index (χ1n) is 9.87. The zero-order chi connectivity index (χ0) is 23.3. The van der Waals surface area contributed by atoms with E-state index in [1.54, 1.807) is 36.7 Å². The number of hydrogen-bond acceptors (Lipinski definition) is 3. The van der Waals surface area contributed by atoms with Gasteiger partial charge in [-0.05, 0) is 74.5 Å². The van der Waals surface area contributed by atoms with Gasteiger partial charge in [0.05, 0.1) is 0 Å². The molecular weight excluding hydrogens is 679 g/mol. The zero-order valence-electron chi connectivity index (χ0n) is 17.7. The van der Waals surface area contributed by atoms with Crippen LogP contribution in [0, 0.1) is 18.3 Å². The van der Waals surface area contributed by atoms with Crippen molar-refractivity contribution in [1.82, 2.24) is 14.8 Å². The van der Waals surface area contributed by atoms with E-state index >= 15 is 0 Å². The molecule has 2 heterocycles. The van der Waals surface area contributed by atoms with Gasteiger partial charge >= 0.3 is 38.2 Å². The summed E-state index contributed by atoms with van der Waals surface area (Å²) in [5.74, 6) is -0.509. The van der Waals surface area contributed by atoms with Crippen molar-refractivity contribution in [3.8, 4) is 0 Å². The van der Waals surface area contributed by atoms with E-state index in [-0.39, 0.29) is 27.1 Å². The van der Waals surface area contributed by atoms with E-state index in [1.165, 1.54) is 24.3 Å². The number of benzene rings is 2. The minimum Gasteiger partial charge on any atom is -0.265 e. The van der Waals surface area contributed by atoms with Crippen molar-refractivity contribution < 1.29 is 24.2 Å². The monoisotopic (exact) mass is 701 g/mol. The van der Waals surface area contributed by atoms with Crippen LogP contribution in [0.25, 0.3) is 11.4 Å². The molecule has 3 nitrogen and oxygen atoms in total. The van der Waals surface area contributed by atoms with Crippen LogP contribution in [-0.4, -0.2) is 27.9 Å². The van der Waals surface area contributed by atoms with E-state index in [2.05, 4.69) is 48.6 Å². The van der Waals surface area contributed by atoms with Gasteiger partial charge in [0, 0.05) is 23.8 Å². The SMILES string of the molecule is CCN1[CH-]N(CC)C(c2ccc(F)cc2)=C1c1ccc(F)cc1.[Cl][Pt][Br].c1ccncc1. The van der Waals surface area contributed by atoms with E-state index in [1.807, 2.05) is 18.2 Å². The molecule has 0 amide bonds. The fourth-order valence-electron chi connectivity index (χ4n) is 3.17. The summed E-state index contributed by atoms with van der Waals surface area (Å²) in [6.07, 6.45) is 3.50. The van der Waals surface area contributed by atoms with Gasteiger partial charge in [-0.25, -0.2) is 8.78 Å². The molecule has 0 spiro atoms. The molecule has 1 aromatic heterocycles. The molecule has 0 aliphatic carbocycles. The Morgan fingerprint density at radius 2 is 1.19 bits per heavy atom. The van der Waals surface area contributed by atoms with Gasteiger partial charge in [0.2, 0.25) is 0 Å². The van der Waals surface area contributed by atoms with Gasteiger partial charge in [-0.2, -0.15) is 6.67 Å². The van der Waals surface area contributed by atoms with Crippen molar-refractivity contribution in [3.63, 3.8) is 0 Å². The second-order valence-corrected chi connectivity index (χ2v) is 12.2. The molecule has 0 saturated heterocycles. The Hall–Kier alpha value is -1.75. The molecule has 2 aromatic carbocycles. The van der Waals surface area contributed by atoms with Gasteiger partial charge in [-0.15, -0.1) is 0 Å². The maximum absolute atomic E-state index is 13.3. The minimum atomic E-state index is -0.255. The van der Waals surface area contributed by atoms with Gasteiger partial charge < -0.3 is 9.80 Å². The number of aromatic nitrogens is 1. The standard InChI is InChI=1S/C19H19F2N2.C5H5N.BrH.ClH.Pt/c1-3-22-13-23(4-2)19(15-7-11-17(21)12-8-15)18(22)14-5-9-16(20)10-6-14;1-2-4-6-5-3-1;;;/h5-13H,3-4H2,1-2H3;1-5H;2*1H;/q-1;;;;+2/p-2. The van der Waals surface area contributed by atoms with Crippen LogP contribution < -0.4 is 0 Å². The predicted molar refractivity (Wildman–Crippen MR) is 128 cm³/mol.